The Morgan fingerprint density at radius 3 is 2.61 bits per heavy atom. The number of rotatable bonds is 2. The maximum absolute atomic E-state index is 5.95. The van der Waals surface area contributed by atoms with Crippen molar-refractivity contribution in [3.8, 4) is 0 Å². The van der Waals surface area contributed by atoms with Crippen molar-refractivity contribution < 1.29 is 0 Å². The Labute approximate surface area is 114 Å². The lowest BCUT2D eigenvalue weighted by atomic mass is 9.98. The third-order valence-electron chi connectivity index (χ3n) is 4.48. The molecule has 2 bridgehead atoms. The van der Waals surface area contributed by atoms with Crippen LogP contribution in [-0.4, -0.2) is 35.1 Å². The summed E-state index contributed by atoms with van der Waals surface area (Å²) in [5, 5.41) is 4.22. The highest BCUT2D eigenvalue weighted by Gasteiger charge is 2.38. The van der Waals surface area contributed by atoms with E-state index in [4.69, 9.17) is 11.6 Å². The summed E-state index contributed by atoms with van der Waals surface area (Å²) in [6.07, 6.45) is 7.05. The molecule has 2 aliphatic heterocycles. The second kappa shape index (κ2) is 4.71. The van der Waals surface area contributed by atoms with Crippen molar-refractivity contribution in [2.45, 2.75) is 50.7 Å². The molecule has 1 N–H and O–H groups in total. The fourth-order valence-corrected chi connectivity index (χ4v) is 3.51. The normalized spacial score (nSPS) is 31.6. The van der Waals surface area contributed by atoms with Gasteiger partial charge in [0.15, 0.2) is 0 Å². The Morgan fingerprint density at radius 1 is 1.33 bits per heavy atom. The van der Waals surface area contributed by atoms with E-state index < -0.39 is 0 Å². The van der Waals surface area contributed by atoms with Gasteiger partial charge in [-0.3, -0.25) is 0 Å². The first-order chi connectivity index (χ1) is 8.63. The van der Waals surface area contributed by atoms with E-state index in [9.17, 15) is 0 Å². The maximum atomic E-state index is 5.95. The van der Waals surface area contributed by atoms with Gasteiger partial charge in [0.1, 0.15) is 5.15 Å². The second-order valence-electron chi connectivity index (χ2n) is 5.69. The zero-order chi connectivity index (χ0) is 12.7. The largest absolute Gasteiger partial charge is 0.381 e. The number of aryl methyl sites for hydroxylation is 1. The average molecular weight is 266 g/mol. The Hall–Kier alpha value is -0.800. The van der Waals surface area contributed by atoms with Gasteiger partial charge < -0.3 is 10.2 Å². The van der Waals surface area contributed by atoms with Crippen molar-refractivity contribution >= 4 is 17.3 Å². The van der Waals surface area contributed by atoms with E-state index in [0.29, 0.717) is 11.2 Å². The van der Waals surface area contributed by atoms with Crippen LogP contribution in [0.3, 0.4) is 0 Å². The van der Waals surface area contributed by atoms with E-state index >= 15 is 0 Å². The van der Waals surface area contributed by atoms with Crippen LogP contribution in [0.5, 0.6) is 0 Å². The first kappa shape index (κ1) is 12.2. The highest BCUT2D eigenvalue weighted by Crippen LogP contribution is 2.35. The number of aromatic nitrogens is 1. The number of halogens is 1. The van der Waals surface area contributed by atoms with Crippen molar-refractivity contribution in [3.05, 3.63) is 23.0 Å². The molecular formula is C14H20ClN3. The Kier molecular flexibility index (Phi) is 3.20. The molecule has 0 aromatic carbocycles. The third kappa shape index (κ3) is 2.21. The number of hydrogen-bond donors (Lipinski definition) is 1. The summed E-state index contributed by atoms with van der Waals surface area (Å²) < 4.78 is 0. The summed E-state index contributed by atoms with van der Waals surface area (Å²) in [6.45, 7) is 2.00. The zero-order valence-electron chi connectivity index (χ0n) is 11.0. The van der Waals surface area contributed by atoms with Gasteiger partial charge in [-0.05, 0) is 51.3 Å². The third-order valence-corrected chi connectivity index (χ3v) is 4.88. The van der Waals surface area contributed by atoms with Gasteiger partial charge in [-0.2, -0.15) is 0 Å². The van der Waals surface area contributed by atoms with Crippen molar-refractivity contribution in [1.29, 1.82) is 0 Å². The molecule has 3 heterocycles. The van der Waals surface area contributed by atoms with Crippen molar-refractivity contribution in [2.24, 2.45) is 0 Å². The molecule has 0 amide bonds. The van der Waals surface area contributed by atoms with Gasteiger partial charge in [0, 0.05) is 18.1 Å². The fourth-order valence-electron chi connectivity index (χ4n) is 3.40. The Morgan fingerprint density at radius 2 is 2.00 bits per heavy atom. The fraction of sp³-hybridized carbons (Fsp3) is 0.643. The lowest BCUT2D eigenvalue weighted by Crippen LogP contribution is -2.44. The molecule has 3 rings (SSSR count). The molecule has 18 heavy (non-hydrogen) atoms. The summed E-state index contributed by atoms with van der Waals surface area (Å²) in [7, 11) is 2.27. The van der Waals surface area contributed by atoms with E-state index in [1.165, 1.54) is 25.7 Å². The van der Waals surface area contributed by atoms with Crippen molar-refractivity contribution in [3.63, 3.8) is 0 Å². The summed E-state index contributed by atoms with van der Waals surface area (Å²) in [4.78, 5) is 6.76. The molecular weight excluding hydrogens is 246 g/mol. The minimum absolute atomic E-state index is 0.584. The van der Waals surface area contributed by atoms with Gasteiger partial charge in [0.2, 0.25) is 0 Å². The summed E-state index contributed by atoms with van der Waals surface area (Å²) in [5.74, 6) is 0. The van der Waals surface area contributed by atoms with Crippen LogP contribution in [0.25, 0.3) is 0 Å². The van der Waals surface area contributed by atoms with Crippen LogP contribution in [0.2, 0.25) is 5.15 Å². The van der Waals surface area contributed by atoms with Gasteiger partial charge in [0.25, 0.3) is 0 Å². The average Bonchev–Trinajstić information content (AvgIpc) is 2.58. The molecule has 0 saturated carbocycles. The first-order valence-corrected chi connectivity index (χ1v) is 7.12. The topological polar surface area (TPSA) is 28.2 Å². The highest BCUT2D eigenvalue weighted by atomic mass is 35.5. The molecule has 2 unspecified atom stereocenters. The Bertz CT molecular complexity index is 435. The first-order valence-electron chi connectivity index (χ1n) is 6.74. The number of fused-ring (bicyclic) bond motifs is 2. The van der Waals surface area contributed by atoms with Gasteiger partial charge in [-0.25, -0.2) is 4.98 Å². The van der Waals surface area contributed by atoms with Crippen LogP contribution in [0.15, 0.2) is 12.3 Å². The predicted molar refractivity (Wildman–Crippen MR) is 75.2 cm³/mol. The van der Waals surface area contributed by atoms with Gasteiger partial charge in [-0.15, -0.1) is 0 Å². The monoisotopic (exact) mass is 265 g/mol. The van der Waals surface area contributed by atoms with Crippen molar-refractivity contribution in [2.75, 3.05) is 12.4 Å². The lowest BCUT2D eigenvalue weighted by Gasteiger charge is -2.37. The van der Waals surface area contributed by atoms with Gasteiger partial charge in [-0.1, -0.05) is 11.6 Å². The summed E-state index contributed by atoms with van der Waals surface area (Å²) >= 11 is 5.95. The quantitative estimate of drug-likeness (QED) is 0.833. The number of hydrogen-bond acceptors (Lipinski definition) is 3. The SMILES string of the molecule is Cc1cc(NC2CC3CCC(C2)N3C)cnc1Cl. The highest BCUT2D eigenvalue weighted by molar-refractivity contribution is 6.30. The Balaban J connectivity index is 1.68. The number of anilines is 1. The van der Waals surface area contributed by atoms with E-state index in [1.54, 1.807) is 0 Å². The van der Waals surface area contributed by atoms with E-state index in [0.717, 1.165) is 23.3 Å². The molecule has 0 spiro atoms. The van der Waals surface area contributed by atoms with E-state index in [2.05, 4.69) is 28.3 Å². The number of piperidine rings is 1. The molecule has 1 aromatic heterocycles. The zero-order valence-corrected chi connectivity index (χ0v) is 11.7. The van der Waals surface area contributed by atoms with Crippen LogP contribution < -0.4 is 5.32 Å². The van der Waals surface area contributed by atoms with E-state index in [-0.39, 0.29) is 0 Å². The lowest BCUT2D eigenvalue weighted by molar-refractivity contribution is 0.169. The number of pyridine rings is 1. The molecule has 2 atom stereocenters. The number of nitrogens with one attached hydrogen (secondary N) is 1. The molecule has 2 saturated heterocycles. The molecule has 2 fully saturated rings. The van der Waals surface area contributed by atoms with Crippen LogP contribution in [0.4, 0.5) is 5.69 Å². The van der Waals surface area contributed by atoms with Crippen molar-refractivity contribution in [1.82, 2.24) is 9.88 Å². The smallest absolute Gasteiger partial charge is 0.132 e. The molecule has 0 radical (unpaired) electrons. The van der Waals surface area contributed by atoms with Gasteiger partial charge in [0.05, 0.1) is 11.9 Å². The molecule has 3 nitrogen and oxygen atoms in total. The molecule has 98 valence electrons. The molecule has 0 aliphatic carbocycles. The molecule has 1 aromatic rings. The maximum Gasteiger partial charge on any atom is 0.132 e. The standard InChI is InChI=1S/C14H20ClN3/c1-9-5-11(8-16-14(9)15)17-10-6-12-3-4-13(7-10)18(12)2/h5,8,10,12-13,17H,3-4,6-7H2,1-2H3. The molecule has 4 heteroatoms. The minimum Gasteiger partial charge on any atom is -0.381 e. The van der Waals surface area contributed by atoms with Gasteiger partial charge >= 0.3 is 0 Å². The number of nitrogens with zero attached hydrogens (tertiary/aromatic N) is 2. The second-order valence-corrected chi connectivity index (χ2v) is 6.05. The van der Waals surface area contributed by atoms with Crippen LogP contribution >= 0.6 is 11.6 Å². The predicted octanol–water partition coefficient (Wildman–Crippen LogP) is 3.08. The molecule has 2 aliphatic rings. The van der Waals surface area contributed by atoms with Crippen LogP contribution in [0.1, 0.15) is 31.2 Å². The minimum atomic E-state index is 0.584. The van der Waals surface area contributed by atoms with Crippen LogP contribution in [0, 0.1) is 6.92 Å². The van der Waals surface area contributed by atoms with E-state index in [1.807, 2.05) is 13.1 Å². The van der Waals surface area contributed by atoms with Crippen LogP contribution in [-0.2, 0) is 0 Å². The summed E-state index contributed by atoms with van der Waals surface area (Å²) in [6, 6.07) is 4.21. The summed E-state index contributed by atoms with van der Waals surface area (Å²) in [5.41, 5.74) is 2.14.